The van der Waals surface area contributed by atoms with Crippen LogP contribution in [0.1, 0.15) is 10.6 Å². The zero-order valence-electron chi connectivity index (χ0n) is 10.5. The topological polar surface area (TPSA) is 97.6 Å². The SMILES string of the molecule is COc1ccc(S(=O)(=O)NNC(=O)c2ccco2)cc1. The summed E-state index contributed by atoms with van der Waals surface area (Å²) in [5, 5.41) is 0. The first kappa shape index (κ1) is 14.1. The van der Waals surface area contributed by atoms with Gasteiger partial charge in [0, 0.05) is 0 Å². The van der Waals surface area contributed by atoms with Crippen molar-refractivity contribution in [3.63, 3.8) is 0 Å². The summed E-state index contributed by atoms with van der Waals surface area (Å²) < 4.78 is 33.6. The van der Waals surface area contributed by atoms with E-state index < -0.39 is 15.9 Å². The third-order valence-electron chi connectivity index (χ3n) is 2.41. The molecule has 2 aromatic rings. The third kappa shape index (κ3) is 3.16. The average molecular weight is 296 g/mol. The Balaban J connectivity index is 2.05. The van der Waals surface area contributed by atoms with E-state index in [1.807, 2.05) is 4.83 Å². The molecule has 0 unspecified atom stereocenters. The van der Waals surface area contributed by atoms with Crippen LogP contribution in [0.2, 0.25) is 0 Å². The van der Waals surface area contributed by atoms with Crippen LogP contribution < -0.4 is 15.0 Å². The van der Waals surface area contributed by atoms with Crippen molar-refractivity contribution in [3.05, 3.63) is 48.4 Å². The second-order valence-electron chi connectivity index (χ2n) is 3.71. The standard InChI is InChI=1S/C12H12N2O5S/c1-18-9-4-6-10(7-5-9)20(16,17)14-13-12(15)11-3-2-8-19-11/h2-8,14H,1H3,(H,13,15). The lowest BCUT2D eigenvalue weighted by molar-refractivity contribution is 0.0917. The molecule has 20 heavy (non-hydrogen) atoms. The highest BCUT2D eigenvalue weighted by molar-refractivity contribution is 7.89. The quantitative estimate of drug-likeness (QED) is 0.799. The fraction of sp³-hybridized carbons (Fsp3) is 0.0833. The molecule has 0 bridgehead atoms. The number of carbonyl (C=O) groups excluding carboxylic acids is 1. The zero-order valence-corrected chi connectivity index (χ0v) is 11.3. The van der Waals surface area contributed by atoms with Gasteiger partial charge in [-0.15, -0.1) is 4.83 Å². The molecular formula is C12H12N2O5S. The number of hydrogen-bond donors (Lipinski definition) is 2. The second-order valence-corrected chi connectivity index (χ2v) is 5.39. The summed E-state index contributed by atoms with van der Waals surface area (Å²) in [5.74, 6) is -0.155. The van der Waals surface area contributed by atoms with Gasteiger partial charge in [0.2, 0.25) is 0 Å². The molecule has 1 heterocycles. The minimum absolute atomic E-state index is 0.00181. The maximum Gasteiger partial charge on any atom is 0.301 e. The molecule has 1 aromatic carbocycles. The van der Waals surface area contributed by atoms with Crippen molar-refractivity contribution in [2.45, 2.75) is 4.90 Å². The highest BCUT2D eigenvalue weighted by Crippen LogP contribution is 2.14. The molecule has 106 valence electrons. The number of ether oxygens (including phenoxy) is 1. The fourth-order valence-corrected chi connectivity index (χ4v) is 2.24. The molecule has 1 amide bonds. The maximum atomic E-state index is 11.9. The summed E-state index contributed by atoms with van der Waals surface area (Å²) >= 11 is 0. The number of nitrogens with one attached hydrogen (secondary N) is 2. The van der Waals surface area contributed by atoms with Gasteiger partial charge >= 0.3 is 5.91 Å². The van der Waals surface area contributed by atoms with E-state index in [4.69, 9.17) is 9.15 Å². The van der Waals surface area contributed by atoms with Crippen LogP contribution in [0, 0.1) is 0 Å². The molecule has 8 heteroatoms. The summed E-state index contributed by atoms with van der Waals surface area (Å²) in [5.41, 5.74) is 2.05. The summed E-state index contributed by atoms with van der Waals surface area (Å²) in [7, 11) is -2.37. The molecule has 0 fully saturated rings. The van der Waals surface area contributed by atoms with Crippen LogP contribution in [0.5, 0.6) is 5.75 Å². The number of benzene rings is 1. The van der Waals surface area contributed by atoms with Gasteiger partial charge in [-0.25, -0.2) is 8.42 Å². The van der Waals surface area contributed by atoms with Gasteiger partial charge in [0.1, 0.15) is 5.75 Å². The first-order valence-electron chi connectivity index (χ1n) is 5.52. The largest absolute Gasteiger partial charge is 0.497 e. The highest BCUT2D eigenvalue weighted by atomic mass is 32.2. The second kappa shape index (κ2) is 5.76. The van der Waals surface area contributed by atoms with Gasteiger partial charge in [-0.3, -0.25) is 10.2 Å². The minimum Gasteiger partial charge on any atom is -0.497 e. The van der Waals surface area contributed by atoms with Crippen LogP contribution in [0.4, 0.5) is 0 Å². The Morgan fingerprint density at radius 3 is 2.45 bits per heavy atom. The lowest BCUT2D eigenvalue weighted by Crippen LogP contribution is -2.41. The van der Waals surface area contributed by atoms with Gasteiger partial charge in [-0.2, -0.15) is 0 Å². The van der Waals surface area contributed by atoms with Crippen molar-refractivity contribution >= 4 is 15.9 Å². The summed E-state index contributed by atoms with van der Waals surface area (Å²) in [6.45, 7) is 0. The highest BCUT2D eigenvalue weighted by Gasteiger charge is 2.16. The number of hydrogen-bond acceptors (Lipinski definition) is 5. The molecule has 0 aliphatic rings. The number of carbonyl (C=O) groups is 1. The van der Waals surface area contributed by atoms with Crippen LogP contribution in [0.3, 0.4) is 0 Å². The molecule has 0 spiro atoms. The molecule has 7 nitrogen and oxygen atoms in total. The Kier molecular flexibility index (Phi) is 4.06. The van der Waals surface area contributed by atoms with E-state index >= 15 is 0 Å². The van der Waals surface area contributed by atoms with Gasteiger partial charge in [-0.05, 0) is 36.4 Å². The van der Waals surface area contributed by atoms with Crippen molar-refractivity contribution in [2.75, 3.05) is 7.11 Å². The Hall–Kier alpha value is -2.32. The number of rotatable bonds is 5. The van der Waals surface area contributed by atoms with Crippen molar-refractivity contribution in [3.8, 4) is 5.75 Å². The molecule has 0 aliphatic carbocycles. The number of hydrazine groups is 1. The first-order valence-corrected chi connectivity index (χ1v) is 7.01. The monoisotopic (exact) mass is 296 g/mol. The van der Waals surface area contributed by atoms with Gasteiger partial charge < -0.3 is 9.15 Å². The van der Waals surface area contributed by atoms with Crippen LogP contribution in [0.15, 0.2) is 52.0 Å². The number of sulfonamides is 1. The molecule has 2 rings (SSSR count). The van der Waals surface area contributed by atoms with E-state index in [2.05, 4.69) is 5.43 Å². The summed E-state index contributed by atoms with van der Waals surface area (Å²) in [6.07, 6.45) is 1.31. The Morgan fingerprint density at radius 1 is 1.20 bits per heavy atom. The summed E-state index contributed by atoms with van der Waals surface area (Å²) in [6, 6.07) is 8.66. The normalized spacial score (nSPS) is 11.1. The lowest BCUT2D eigenvalue weighted by atomic mass is 10.3. The predicted octanol–water partition coefficient (Wildman–Crippen LogP) is 0.911. The zero-order chi connectivity index (χ0) is 14.6. The van der Waals surface area contributed by atoms with Gasteiger partial charge in [0.25, 0.3) is 10.0 Å². The lowest BCUT2D eigenvalue weighted by Gasteiger charge is -2.07. The molecular weight excluding hydrogens is 284 g/mol. The smallest absolute Gasteiger partial charge is 0.301 e. The van der Waals surface area contributed by atoms with E-state index in [0.717, 1.165) is 0 Å². The molecule has 0 atom stereocenters. The summed E-state index contributed by atoms with van der Waals surface area (Å²) in [4.78, 5) is 13.5. The molecule has 0 saturated carbocycles. The van der Waals surface area contributed by atoms with Crippen LogP contribution >= 0.6 is 0 Å². The maximum absolute atomic E-state index is 11.9. The molecule has 0 saturated heterocycles. The van der Waals surface area contributed by atoms with Gasteiger partial charge in [0.05, 0.1) is 18.3 Å². The predicted molar refractivity (Wildman–Crippen MR) is 69.5 cm³/mol. The van der Waals surface area contributed by atoms with E-state index in [0.29, 0.717) is 5.75 Å². The molecule has 1 aromatic heterocycles. The van der Waals surface area contributed by atoms with Crippen LogP contribution in [-0.2, 0) is 10.0 Å². The van der Waals surface area contributed by atoms with Crippen molar-refractivity contribution in [2.24, 2.45) is 0 Å². The van der Waals surface area contributed by atoms with Gasteiger partial charge in [-0.1, -0.05) is 0 Å². The average Bonchev–Trinajstić information content (AvgIpc) is 2.99. The van der Waals surface area contributed by atoms with E-state index in [1.54, 1.807) is 0 Å². The van der Waals surface area contributed by atoms with E-state index in [1.165, 1.54) is 49.8 Å². The number of methoxy groups -OCH3 is 1. The molecule has 0 aliphatic heterocycles. The van der Waals surface area contributed by atoms with Crippen molar-refractivity contribution in [1.82, 2.24) is 10.3 Å². The Labute approximate surface area is 115 Å². The van der Waals surface area contributed by atoms with E-state index in [-0.39, 0.29) is 10.7 Å². The fourth-order valence-electron chi connectivity index (χ4n) is 1.40. The van der Waals surface area contributed by atoms with Crippen LogP contribution in [-0.4, -0.2) is 21.4 Å². The molecule has 0 radical (unpaired) electrons. The molecule has 2 N–H and O–H groups in total. The number of furan rings is 1. The minimum atomic E-state index is -3.85. The third-order valence-corrected chi connectivity index (χ3v) is 3.68. The Bertz CT molecular complexity index is 677. The van der Waals surface area contributed by atoms with Crippen molar-refractivity contribution < 1.29 is 22.4 Å². The van der Waals surface area contributed by atoms with Crippen molar-refractivity contribution in [1.29, 1.82) is 0 Å². The Morgan fingerprint density at radius 2 is 1.90 bits per heavy atom. The van der Waals surface area contributed by atoms with E-state index in [9.17, 15) is 13.2 Å². The van der Waals surface area contributed by atoms with Crippen LogP contribution in [0.25, 0.3) is 0 Å². The van der Waals surface area contributed by atoms with Gasteiger partial charge in [0.15, 0.2) is 5.76 Å². The number of amides is 1. The first-order chi connectivity index (χ1) is 9.53.